The van der Waals surface area contributed by atoms with Crippen molar-refractivity contribution in [2.24, 2.45) is 11.8 Å². The lowest BCUT2D eigenvalue weighted by Gasteiger charge is -2.33. The zero-order chi connectivity index (χ0) is 15.8. The van der Waals surface area contributed by atoms with E-state index in [0.717, 1.165) is 17.0 Å². The van der Waals surface area contributed by atoms with Crippen LogP contribution in [0.15, 0.2) is 24.3 Å². The van der Waals surface area contributed by atoms with Crippen molar-refractivity contribution in [1.29, 1.82) is 0 Å². The maximum atomic E-state index is 12.7. The van der Waals surface area contributed by atoms with Crippen LogP contribution < -0.4 is 10.2 Å². The summed E-state index contributed by atoms with van der Waals surface area (Å²) in [6.07, 6.45) is -4.53. The van der Waals surface area contributed by atoms with Crippen molar-refractivity contribution in [2.75, 3.05) is 11.4 Å². The molecule has 1 aromatic rings. The summed E-state index contributed by atoms with van der Waals surface area (Å²) in [7, 11) is 0. The van der Waals surface area contributed by atoms with Crippen LogP contribution in [0.1, 0.15) is 19.4 Å². The van der Waals surface area contributed by atoms with Crippen LogP contribution >= 0.6 is 0 Å². The van der Waals surface area contributed by atoms with E-state index in [4.69, 9.17) is 0 Å². The number of alkyl halides is 3. The van der Waals surface area contributed by atoms with Gasteiger partial charge < -0.3 is 5.32 Å². The van der Waals surface area contributed by atoms with Crippen LogP contribution in [0.2, 0.25) is 0 Å². The molecule has 21 heavy (non-hydrogen) atoms. The topological polar surface area (TPSA) is 49.4 Å². The van der Waals surface area contributed by atoms with Gasteiger partial charge in [0.05, 0.1) is 17.2 Å². The predicted molar refractivity (Wildman–Crippen MR) is 70.7 cm³/mol. The molecule has 1 unspecified atom stereocenters. The highest BCUT2D eigenvalue weighted by Gasteiger charge is 2.38. The third-order valence-corrected chi connectivity index (χ3v) is 3.45. The lowest BCUT2D eigenvalue weighted by atomic mass is 9.92. The molecule has 1 atom stereocenters. The first-order chi connectivity index (χ1) is 9.71. The zero-order valence-electron chi connectivity index (χ0n) is 11.6. The molecule has 2 rings (SSSR count). The van der Waals surface area contributed by atoms with Crippen molar-refractivity contribution in [3.05, 3.63) is 29.8 Å². The first-order valence-electron chi connectivity index (χ1n) is 6.51. The van der Waals surface area contributed by atoms with E-state index in [9.17, 15) is 22.8 Å². The van der Waals surface area contributed by atoms with Crippen LogP contribution in [-0.4, -0.2) is 18.5 Å². The van der Waals surface area contributed by atoms with Crippen LogP contribution in [0.4, 0.5) is 23.7 Å². The van der Waals surface area contributed by atoms with Crippen LogP contribution in [-0.2, 0) is 11.0 Å². The number of carbonyl (C=O) groups is 2. The highest BCUT2D eigenvalue weighted by molar-refractivity contribution is 6.16. The summed E-state index contributed by atoms with van der Waals surface area (Å²) >= 11 is 0. The van der Waals surface area contributed by atoms with Gasteiger partial charge in [0, 0.05) is 6.54 Å². The van der Waals surface area contributed by atoms with Crippen LogP contribution in [0.3, 0.4) is 0 Å². The summed E-state index contributed by atoms with van der Waals surface area (Å²) in [5, 5.41) is 2.54. The lowest BCUT2D eigenvalue weighted by molar-refractivity contribution is -0.137. The second kappa shape index (κ2) is 5.38. The molecular weight excluding hydrogens is 285 g/mol. The number of halogens is 3. The molecule has 1 saturated heterocycles. The number of imide groups is 1. The number of amides is 3. The Morgan fingerprint density at radius 2 is 1.95 bits per heavy atom. The van der Waals surface area contributed by atoms with E-state index in [2.05, 4.69) is 5.32 Å². The van der Waals surface area contributed by atoms with Gasteiger partial charge in [-0.05, 0) is 24.1 Å². The Balaban J connectivity index is 2.39. The number of urea groups is 1. The monoisotopic (exact) mass is 300 g/mol. The van der Waals surface area contributed by atoms with Crippen molar-refractivity contribution in [3.63, 3.8) is 0 Å². The molecule has 114 valence electrons. The number of hydrogen-bond acceptors (Lipinski definition) is 2. The van der Waals surface area contributed by atoms with Gasteiger partial charge in [-0.25, -0.2) is 9.69 Å². The summed E-state index contributed by atoms with van der Waals surface area (Å²) in [5.41, 5.74) is -0.968. The number of nitrogens with one attached hydrogen (secondary N) is 1. The molecule has 1 N–H and O–H groups in total. The van der Waals surface area contributed by atoms with Crippen LogP contribution in [0.5, 0.6) is 0 Å². The normalized spacial score (nSPS) is 19.9. The molecular formula is C14H15F3N2O2. The van der Waals surface area contributed by atoms with E-state index in [-0.39, 0.29) is 18.2 Å². The SMILES string of the molecule is CC(C)C1CNC(=O)N(c2cccc(C(F)(F)F)c2)C1=O. The molecule has 1 fully saturated rings. The van der Waals surface area contributed by atoms with Gasteiger partial charge in [0.2, 0.25) is 5.91 Å². The number of hydrogen-bond donors (Lipinski definition) is 1. The number of rotatable bonds is 2. The van der Waals surface area contributed by atoms with Crippen LogP contribution in [0, 0.1) is 11.8 Å². The van der Waals surface area contributed by atoms with Gasteiger partial charge >= 0.3 is 12.2 Å². The van der Waals surface area contributed by atoms with Gasteiger partial charge in [-0.15, -0.1) is 0 Å². The zero-order valence-corrected chi connectivity index (χ0v) is 11.6. The Labute approximate surface area is 119 Å². The highest BCUT2D eigenvalue weighted by Crippen LogP contribution is 2.32. The fraction of sp³-hybridized carbons (Fsp3) is 0.429. The molecule has 1 aliphatic rings. The standard InChI is InChI=1S/C14H15F3N2O2/c1-8(2)11-7-18-13(21)19(12(11)20)10-5-3-4-9(6-10)14(15,16)17/h3-6,8,11H,7H2,1-2H3,(H,18,21). The van der Waals surface area contributed by atoms with Crippen molar-refractivity contribution in [1.82, 2.24) is 5.32 Å². The molecule has 7 heteroatoms. The number of carbonyl (C=O) groups excluding carboxylic acids is 2. The summed E-state index contributed by atoms with van der Waals surface area (Å²) in [6, 6.07) is 3.50. The molecule has 1 heterocycles. The number of anilines is 1. The third-order valence-electron chi connectivity index (χ3n) is 3.45. The maximum Gasteiger partial charge on any atom is 0.416 e. The van der Waals surface area contributed by atoms with Crippen molar-refractivity contribution in [2.45, 2.75) is 20.0 Å². The molecule has 0 aromatic heterocycles. The van der Waals surface area contributed by atoms with Crippen molar-refractivity contribution in [3.8, 4) is 0 Å². The van der Waals surface area contributed by atoms with Gasteiger partial charge in [-0.2, -0.15) is 13.2 Å². The van der Waals surface area contributed by atoms with Crippen molar-refractivity contribution < 1.29 is 22.8 Å². The Kier molecular flexibility index (Phi) is 3.93. The molecule has 1 aromatic carbocycles. The molecule has 1 aliphatic heterocycles. The highest BCUT2D eigenvalue weighted by atomic mass is 19.4. The van der Waals surface area contributed by atoms with E-state index in [1.54, 1.807) is 0 Å². The molecule has 4 nitrogen and oxygen atoms in total. The van der Waals surface area contributed by atoms with Crippen molar-refractivity contribution >= 4 is 17.6 Å². The van der Waals surface area contributed by atoms with E-state index in [0.29, 0.717) is 0 Å². The average Bonchev–Trinajstić information content (AvgIpc) is 2.37. The Morgan fingerprint density at radius 1 is 1.29 bits per heavy atom. The van der Waals surface area contributed by atoms with Gasteiger partial charge in [0.15, 0.2) is 0 Å². The Hall–Kier alpha value is -2.05. The summed E-state index contributed by atoms with van der Waals surface area (Å²) in [4.78, 5) is 25.0. The summed E-state index contributed by atoms with van der Waals surface area (Å²) in [5.74, 6) is -0.947. The quantitative estimate of drug-likeness (QED) is 0.912. The maximum absolute atomic E-state index is 12.7. The third kappa shape index (κ3) is 3.01. The molecule has 0 bridgehead atoms. The summed E-state index contributed by atoms with van der Waals surface area (Å²) < 4.78 is 38.2. The smallest absolute Gasteiger partial charge is 0.337 e. The fourth-order valence-corrected chi connectivity index (χ4v) is 2.22. The fourth-order valence-electron chi connectivity index (χ4n) is 2.22. The second-order valence-corrected chi connectivity index (χ2v) is 5.26. The summed E-state index contributed by atoms with van der Waals surface area (Å²) in [6.45, 7) is 3.85. The molecule has 0 spiro atoms. The minimum atomic E-state index is -4.53. The van der Waals surface area contributed by atoms with Gasteiger partial charge in [0.25, 0.3) is 0 Å². The van der Waals surface area contributed by atoms with Gasteiger partial charge in [0.1, 0.15) is 0 Å². The molecule has 0 saturated carbocycles. The van der Waals surface area contributed by atoms with E-state index in [1.807, 2.05) is 13.8 Å². The minimum Gasteiger partial charge on any atom is -0.337 e. The van der Waals surface area contributed by atoms with E-state index in [1.165, 1.54) is 12.1 Å². The predicted octanol–water partition coefficient (Wildman–Crippen LogP) is 3.03. The van der Waals surface area contributed by atoms with Gasteiger partial charge in [-0.3, -0.25) is 4.79 Å². The molecule has 3 amide bonds. The lowest BCUT2D eigenvalue weighted by Crippen LogP contribution is -2.56. The Morgan fingerprint density at radius 3 is 2.52 bits per heavy atom. The number of benzene rings is 1. The van der Waals surface area contributed by atoms with Gasteiger partial charge in [-0.1, -0.05) is 19.9 Å². The average molecular weight is 300 g/mol. The largest absolute Gasteiger partial charge is 0.416 e. The van der Waals surface area contributed by atoms with E-state index >= 15 is 0 Å². The van der Waals surface area contributed by atoms with Crippen LogP contribution in [0.25, 0.3) is 0 Å². The number of nitrogens with zero attached hydrogens (tertiary/aromatic N) is 1. The Bertz CT molecular complexity index is 570. The first kappa shape index (κ1) is 15.3. The minimum absolute atomic E-state index is 0.0219. The second-order valence-electron chi connectivity index (χ2n) is 5.26. The molecule has 0 radical (unpaired) electrons. The van der Waals surface area contributed by atoms with E-state index < -0.39 is 29.6 Å². The molecule has 0 aliphatic carbocycles. The first-order valence-corrected chi connectivity index (χ1v) is 6.51.